The Kier molecular flexibility index (Phi) is 6.29. The van der Waals surface area contributed by atoms with E-state index in [1.807, 2.05) is 44.2 Å². The lowest BCUT2D eigenvalue weighted by Gasteiger charge is -2.17. The van der Waals surface area contributed by atoms with Gasteiger partial charge in [0.05, 0.1) is 6.10 Å². The fraction of sp³-hybridized carbons (Fsp3) is 0.167. The van der Waals surface area contributed by atoms with Crippen molar-refractivity contribution in [3.63, 3.8) is 0 Å². The molecular weight excluding hydrogens is 364 g/mol. The molecule has 0 aliphatic rings. The van der Waals surface area contributed by atoms with Crippen LogP contribution in [0.2, 0.25) is 0 Å². The van der Waals surface area contributed by atoms with Gasteiger partial charge in [-0.05, 0) is 74.5 Å². The van der Waals surface area contributed by atoms with E-state index >= 15 is 0 Å². The second kappa shape index (κ2) is 9.06. The molecule has 29 heavy (non-hydrogen) atoms. The van der Waals surface area contributed by atoms with Crippen LogP contribution in [0.4, 0.5) is 11.4 Å². The van der Waals surface area contributed by atoms with Crippen molar-refractivity contribution in [3.05, 3.63) is 90.0 Å². The van der Waals surface area contributed by atoms with Crippen molar-refractivity contribution < 1.29 is 14.3 Å². The highest BCUT2D eigenvalue weighted by atomic mass is 16.5. The largest absolute Gasteiger partial charge is 0.491 e. The minimum absolute atomic E-state index is 0.0804. The van der Waals surface area contributed by atoms with Gasteiger partial charge in [-0.3, -0.25) is 9.59 Å². The Balaban J connectivity index is 1.64. The lowest BCUT2D eigenvalue weighted by Crippen LogP contribution is -2.26. The number of hydrogen-bond acceptors (Lipinski definition) is 3. The number of ether oxygens (including phenoxy) is 1. The van der Waals surface area contributed by atoms with Gasteiger partial charge in [0.1, 0.15) is 5.75 Å². The first kappa shape index (κ1) is 20.1. The third-order valence-corrected chi connectivity index (χ3v) is 4.33. The molecule has 0 unspecified atom stereocenters. The van der Waals surface area contributed by atoms with E-state index in [1.165, 1.54) is 0 Å². The molecule has 0 saturated carbocycles. The van der Waals surface area contributed by atoms with Crippen LogP contribution in [0.1, 0.15) is 34.6 Å². The van der Waals surface area contributed by atoms with Crippen LogP contribution in [0.5, 0.6) is 5.75 Å². The molecule has 0 radical (unpaired) electrons. The second-order valence-electron chi connectivity index (χ2n) is 6.92. The van der Waals surface area contributed by atoms with Crippen LogP contribution in [-0.4, -0.2) is 25.0 Å². The standard InChI is InChI=1S/C24H24N2O3/c1-17(2)29-22-15-11-18(12-16-22)23(27)25-20-13-9-19(10-14-20)24(28)26(3)21-7-5-4-6-8-21/h4-17H,1-3H3,(H,25,27). The molecule has 0 aliphatic heterocycles. The molecule has 0 fully saturated rings. The van der Waals surface area contributed by atoms with E-state index in [4.69, 9.17) is 4.74 Å². The number of carbonyl (C=O) groups is 2. The summed E-state index contributed by atoms with van der Waals surface area (Å²) in [5.41, 5.74) is 2.52. The molecule has 3 rings (SSSR count). The molecular formula is C24H24N2O3. The molecule has 0 heterocycles. The van der Waals surface area contributed by atoms with E-state index in [0.29, 0.717) is 16.8 Å². The van der Waals surface area contributed by atoms with Gasteiger partial charge in [-0.2, -0.15) is 0 Å². The maximum absolute atomic E-state index is 12.6. The van der Waals surface area contributed by atoms with Crippen LogP contribution >= 0.6 is 0 Å². The number of anilines is 2. The average molecular weight is 388 g/mol. The van der Waals surface area contributed by atoms with E-state index in [-0.39, 0.29) is 17.9 Å². The highest BCUT2D eigenvalue weighted by molar-refractivity contribution is 6.07. The number of para-hydroxylation sites is 1. The van der Waals surface area contributed by atoms with Crippen LogP contribution in [-0.2, 0) is 0 Å². The molecule has 0 aliphatic carbocycles. The van der Waals surface area contributed by atoms with Gasteiger partial charge in [0.25, 0.3) is 11.8 Å². The predicted octanol–water partition coefficient (Wildman–Crippen LogP) is 5.00. The van der Waals surface area contributed by atoms with Gasteiger partial charge < -0.3 is 15.0 Å². The predicted molar refractivity (Wildman–Crippen MR) is 116 cm³/mol. The maximum Gasteiger partial charge on any atom is 0.258 e. The lowest BCUT2D eigenvalue weighted by molar-refractivity contribution is 0.0991. The molecule has 1 N–H and O–H groups in total. The summed E-state index contributed by atoms with van der Waals surface area (Å²) in [6.07, 6.45) is 0.0804. The average Bonchev–Trinajstić information content (AvgIpc) is 2.74. The molecule has 0 saturated heterocycles. The molecule has 5 nitrogen and oxygen atoms in total. The summed E-state index contributed by atoms with van der Waals surface area (Å²) >= 11 is 0. The second-order valence-corrected chi connectivity index (χ2v) is 6.92. The molecule has 5 heteroatoms. The zero-order chi connectivity index (χ0) is 20.8. The monoisotopic (exact) mass is 388 g/mol. The Morgan fingerprint density at radius 3 is 2.00 bits per heavy atom. The van der Waals surface area contributed by atoms with Gasteiger partial charge in [0, 0.05) is 29.5 Å². The minimum Gasteiger partial charge on any atom is -0.491 e. The van der Waals surface area contributed by atoms with E-state index in [2.05, 4.69) is 5.32 Å². The summed E-state index contributed by atoms with van der Waals surface area (Å²) < 4.78 is 5.59. The summed E-state index contributed by atoms with van der Waals surface area (Å²) in [7, 11) is 1.74. The van der Waals surface area contributed by atoms with Crippen LogP contribution in [0.25, 0.3) is 0 Å². The molecule has 0 atom stereocenters. The van der Waals surface area contributed by atoms with Gasteiger partial charge in [-0.15, -0.1) is 0 Å². The van der Waals surface area contributed by atoms with Crippen LogP contribution in [0.3, 0.4) is 0 Å². The van der Waals surface area contributed by atoms with Crippen LogP contribution < -0.4 is 15.0 Å². The van der Waals surface area contributed by atoms with Crippen molar-refractivity contribution in [2.45, 2.75) is 20.0 Å². The molecule has 3 aromatic carbocycles. The molecule has 0 aromatic heterocycles. The Bertz CT molecular complexity index is 965. The Morgan fingerprint density at radius 1 is 0.828 bits per heavy atom. The van der Waals surface area contributed by atoms with Crippen molar-refractivity contribution >= 4 is 23.2 Å². The highest BCUT2D eigenvalue weighted by Crippen LogP contribution is 2.18. The zero-order valence-electron chi connectivity index (χ0n) is 16.8. The van der Waals surface area contributed by atoms with Crippen LogP contribution in [0.15, 0.2) is 78.9 Å². The number of nitrogens with one attached hydrogen (secondary N) is 1. The van der Waals surface area contributed by atoms with Crippen molar-refractivity contribution in [1.29, 1.82) is 0 Å². The number of nitrogens with zero attached hydrogens (tertiary/aromatic N) is 1. The lowest BCUT2D eigenvalue weighted by atomic mass is 10.1. The Hall–Kier alpha value is -3.60. The summed E-state index contributed by atoms with van der Waals surface area (Å²) in [5, 5.41) is 2.84. The maximum atomic E-state index is 12.6. The molecule has 0 bridgehead atoms. The molecule has 148 valence electrons. The number of benzene rings is 3. The third-order valence-electron chi connectivity index (χ3n) is 4.33. The number of hydrogen-bond donors (Lipinski definition) is 1. The highest BCUT2D eigenvalue weighted by Gasteiger charge is 2.13. The molecule has 3 aromatic rings. The third kappa shape index (κ3) is 5.23. The van der Waals surface area contributed by atoms with Crippen molar-refractivity contribution in [3.8, 4) is 5.75 Å². The van der Waals surface area contributed by atoms with Gasteiger partial charge in [0.15, 0.2) is 0 Å². The normalized spacial score (nSPS) is 10.5. The summed E-state index contributed by atoms with van der Waals surface area (Å²) in [6.45, 7) is 3.90. The number of rotatable bonds is 6. The number of carbonyl (C=O) groups excluding carboxylic acids is 2. The first-order valence-corrected chi connectivity index (χ1v) is 9.45. The summed E-state index contributed by atoms with van der Waals surface area (Å²) in [5.74, 6) is 0.387. The first-order valence-electron chi connectivity index (χ1n) is 9.45. The SMILES string of the molecule is CC(C)Oc1ccc(C(=O)Nc2ccc(C(=O)N(C)c3ccccc3)cc2)cc1. The zero-order valence-corrected chi connectivity index (χ0v) is 16.8. The minimum atomic E-state index is -0.221. The van der Waals surface area contributed by atoms with Crippen molar-refractivity contribution in [1.82, 2.24) is 0 Å². The fourth-order valence-electron chi connectivity index (χ4n) is 2.82. The van der Waals surface area contributed by atoms with Gasteiger partial charge >= 0.3 is 0 Å². The van der Waals surface area contributed by atoms with E-state index in [9.17, 15) is 9.59 Å². The van der Waals surface area contributed by atoms with Crippen LogP contribution in [0, 0.1) is 0 Å². The van der Waals surface area contributed by atoms with E-state index in [1.54, 1.807) is 60.5 Å². The van der Waals surface area contributed by atoms with Crippen molar-refractivity contribution in [2.24, 2.45) is 0 Å². The van der Waals surface area contributed by atoms with E-state index < -0.39 is 0 Å². The summed E-state index contributed by atoms with van der Waals surface area (Å²) in [4.78, 5) is 26.7. The smallest absolute Gasteiger partial charge is 0.258 e. The molecule has 0 spiro atoms. The topological polar surface area (TPSA) is 58.6 Å². The fourth-order valence-corrected chi connectivity index (χ4v) is 2.82. The summed E-state index contributed by atoms with van der Waals surface area (Å²) in [6, 6.07) is 23.3. The Labute approximate surface area is 170 Å². The van der Waals surface area contributed by atoms with E-state index in [0.717, 1.165) is 11.4 Å². The number of amides is 2. The van der Waals surface area contributed by atoms with Gasteiger partial charge in [-0.25, -0.2) is 0 Å². The van der Waals surface area contributed by atoms with Gasteiger partial charge in [0.2, 0.25) is 0 Å². The quantitative estimate of drug-likeness (QED) is 0.646. The Morgan fingerprint density at radius 2 is 1.41 bits per heavy atom. The molecule has 2 amide bonds. The van der Waals surface area contributed by atoms with Crippen molar-refractivity contribution in [2.75, 3.05) is 17.3 Å². The first-order chi connectivity index (χ1) is 13.9. The van der Waals surface area contributed by atoms with Gasteiger partial charge in [-0.1, -0.05) is 18.2 Å².